The summed E-state index contributed by atoms with van der Waals surface area (Å²) < 4.78 is 26.6. The summed E-state index contributed by atoms with van der Waals surface area (Å²) in [4.78, 5) is 28.9. The van der Waals surface area contributed by atoms with Gasteiger partial charge in [0.15, 0.2) is 0 Å². The fourth-order valence-corrected chi connectivity index (χ4v) is 5.94. The van der Waals surface area contributed by atoms with Crippen LogP contribution in [0.25, 0.3) is 0 Å². The van der Waals surface area contributed by atoms with Crippen LogP contribution in [0.5, 0.6) is 0 Å². The Morgan fingerprint density at radius 3 is 2.05 bits per heavy atom. The van der Waals surface area contributed by atoms with Gasteiger partial charge in [-0.25, -0.2) is 8.42 Å². The Balaban J connectivity index is 2.11. The molecule has 1 atom stereocenters. The molecule has 0 saturated heterocycles. The summed E-state index contributed by atoms with van der Waals surface area (Å²) in [7, 11) is -3.97. The van der Waals surface area contributed by atoms with E-state index in [1.165, 1.54) is 23.1 Å². The van der Waals surface area contributed by atoms with Crippen LogP contribution in [-0.2, 0) is 32.6 Å². The van der Waals surface area contributed by atoms with Crippen molar-refractivity contribution in [1.82, 2.24) is 10.2 Å². The van der Waals surface area contributed by atoms with Gasteiger partial charge in [-0.05, 0) is 42.3 Å². The smallest absolute Gasteiger partial charge is 0.244 e. The van der Waals surface area contributed by atoms with E-state index in [0.717, 1.165) is 16.1 Å². The van der Waals surface area contributed by atoms with Gasteiger partial charge in [-0.1, -0.05) is 89.7 Å². The number of nitrogens with one attached hydrogen (secondary N) is 1. The normalized spacial score (nSPS) is 12.1. The second-order valence-corrected chi connectivity index (χ2v) is 12.7. The van der Waals surface area contributed by atoms with E-state index in [4.69, 9.17) is 46.4 Å². The van der Waals surface area contributed by atoms with Crippen LogP contribution in [0.4, 0.5) is 5.69 Å². The van der Waals surface area contributed by atoms with Gasteiger partial charge in [0.1, 0.15) is 12.6 Å². The lowest BCUT2D eigenvalue weighted by Gasteiger charge is -2.34. The summed E-state index contributed by atoms with van der Waals surface area (Å²) in [6.07, 6.45) is 1.83. The molecule has 0 aliphatic heterocycles. The summed E-state index contributed by atoms with van der Waals surface area (Å²) in [5.74, 6) is -1.04. The van der Waals surface area contributed by atoms with Gasteiger partial charge in [0.25, 0.3) is 0 Å². The highest BCUT2D eigenvalue weighted by molar-refractivity contribution is 7.92. The lowest BCUT2D eigenvalue weighted by atomic mass is 10.0. The average molecular weight is 645 g/mol. The Labute approximate surface area is 255 Å². The number of carbonyl (C=O) groups excluding carboxylic acids is 2. The largest absolute Gasteiger partial charge is 0.354 e. The number of rotatable bonds is 12. The van der Waals surface area contributed by atoms with Crippen LogP contribution in [0.1, 0.15) is 24.5 Å². The number of hydrogen-bond acceptors (Lipinski definition) is 4. The minimum absolute atomic E-state index is 0.110. The van der Waals surface area contributed by atoms with E-state index in [2.05, 4.69) is 5.32 Å². The van der Waals surface area contributed by atoms with Crippen LogP contribution in [0, 0.1) is 0 Å². The van der Waals surface area contributed by atoms with Gasteiger partial charge in [0.2, 0.25) is 21.8 Å². The van der Waals surface area contributed by atoms with E-state index >= 15 is 0 Å². The van der Waals surface area contributed by atoms with E-state index in [1.807, 2.05) is 37.3 Å². The number of amides is 2. The van der Waals surface area contributed by atoms with Crippen molar-refractivity contribution in [3.63, 3.8) is 0 Å². The van der Waals surface area contributed by atoms with Gasteiger partial charge in [0.05, 0.1) is 11.9 Å². The molecular weight excluding hydrogens is 616 g/mol. The number of sulfonamides is 1. The van der Waals surface area contributed by atoms with E-state index in [-0.39, 0.29) is 34.6 Å². The van der Waals surface area contributed by atoms with Gasteiger partial charge < -0.3 is 10.2 Å². The van der Waals surface area contributed by atoms with Crippen molar-refractivity contribution in [2.24, 2.45) is 0 Å². The molecule has 0 aliphatic rings. The predicted molar refractivity (Wildman–Crippen MR) is 163 cm³/mol. The summed E-state index contributed by atoms with van der Waals surface area (Å²) in [6.45, 7) is 1.56. The predicted octanol–water partition coefficient (Wildman–Crippen LogP) is 6.23. The van der Waals surface area contributed by atoms with Crippen molar-refractivity contribution in [2.75, 3.05) is 23.7 Å². The average Bonchev–Trinajstić information content (AvgIpc) is 2.88. The summed E-state index contributed by atoms with van der Waals surface area (Å²) in [5, 5.41) is 3.87. The van der Waals surface area contributed by atoms with Crippen molar-refractivity contribution in [1.29, 1.82) is 0 Å². The maximum absolute atomic E-state index is 14.1. The molecule has 0 aromatic heterocycles. The zero-order valence-electron chi connectivity index (χ0n) is 21.9. The molecule has 2 amide bonds. The standard InChI is InChI=1S/C28H29Cl4N3O4S/c1-3-12-33-28(37)26(13-19-8-5-4-6-9-19)34(17-23-24(31)10-7-11-25(23)32)27(36)18-35(40(2,38)39)22-15-20(29)14-21(30)16-22/h4-11,14-16,26H,3,12-13,17-18H2,1-2H3,(H,33,37)/t26-/m0/s1. The highest BCUT2D eigenvalue weighted by atomic mass is 35.5. The quantitative estimate of drug-likeness (QED) is 0.253. The van der Waals surface area contributed by atoms with Crippen LogP contribution in [0.15, 0.2) is 66.7 Å². The maximum Gasteiger partial charge on any atom is 0.244 e. The number of benzene rings is 3. The third kappa shape index (κ3) is 8.75. The summed E-state index contributed by atoms with van der Waals surface area (Å²) >= 11 is 25.2. The van der Waals surface area contributed by atoms with Gasteiger partial charge >= 0.3 is 0 Å². The zero-order valence-corrected chi connectivity index (χ0v) is 25.8. The van der Waals surface area contributed by atoms with Crippen LogP contribution in [-0.4, -0.2) is 50.5 Å². The molecule has 0 bridgehead atoms. The number of nitrogens with zero attached hydrogens (tertiary/aromatic N) is 2. The minimum Gasteiger partial charge on any atom is -0.354 e. The fourth-order valence-electron chi connectivity index (χ4n) is 4.07. The third-order valence-electron chi connectivity index (χ3n) is 6.02. The van der Waals surface area contributed by atoms with Crippen molar-refractivity contribution in [2.45, 2.75) is 32.4 Å². The SMILES string of the molecule is CCCNC(=O)[C@H](Cc1ccccc1)N(Cc1c(Cl)cccc1Cl)C(=O)CN(c1cc(Cl)cc(Cl)c1)S(C)(=O)=O. The molecule has 0 fully saturated rings. The number of halogens is 4. The Morgan fingerprint density at radius 2 is 1.50 bits per heavy atom. The van der Waals surface area contributed by atoms with Crippen LogP contribution < -0.4 is 9.62 Å². The second kappa shape index (κ2) is 14.4. The second-order valence-electron chi connectivity index (χ2n) is 9.12. The number of anilines is 1. The van der Waals surface area contributed by atoms with E-state index in [0.29, 0.717) is 28.6 Å². The first-order chi connectivity index (χ1) is 18.9. The van der Waals surface area contributed by atoms with Crippen LogP contribution >= 0.6 is 46.4 Å². The summed E-state index contributed by atoms with van der Waals surface area (Å²) in [5.41, 5.74) is 1.35. The topological polar surface area (TPSA) is 86.8 Å². The molecule has 0 saturated carbocycles. The van der Waals surface area contributed by atoms with Gasteiger partial charge in [-0.3, -0.25) is 13.9 Å². The Hall–Kier alpha value is -2.49. The third-order valence-corrected chi connectivity index (χ3v) is 8.31. The van der Waals surface area contributed by atoms with Crippen LogP contribution in [0.3, 0.4) is 0 Å². The molecule has 214 valence electrons. The Morgan fingerprint density at radius 1 is 0.900 bits per heavy atom. The van der Waals surface area contributed by atoms with Crippen molar-refractivity contribution < 1.29 is 18.0 Å². The first-order valence-electron chi connectivity index (χ1n) is 12.4. The Kier molecular flexibility index (Phi) is 11.5. The molecular formula is C28H29Cl4N3O4S. The molecule has 7 nitrogen and oxygen atoms in total. The highest BCUT2D eigenvalue weighted by Crippen LogP contribution is 2.29. The van der Waals surface area contributed by atoms with E-state index in [1.54, 1.807) is 18.2 Å². The lowest BCUT2D eigenvalue weighted by Crippen LogP contribution is -2.53. The molecule has 0 heterocycles. The van der Waals surface area contributed by atoms with E-state index in [9.17, 15) is 18.0 Å². The molecule has 3 aromatic carbocycles. The lowest BCUT2D eigenvalue weighted by molar-refractivity contribution is -0.140. The van der Waals surface area contributed by atoms with Crippen LogP contribution in [0.2, 0.25) is 20.1 Å². The van der Waals surface area contributed by atoms with E-state index < -0.39 is 28.5 Å². The highest BCUT2D eigenvalue weighted by Gasteiger charge is 2.33. The molecule has 0 radical (unpaired) electrons. The molecule has 0 spiro atoms. The maximum atomic E-state index is 14.1. The molecule has 3 aromatic rings. The van der Waals surface area contributed by atoms with Gasteiger partial charge in [-0.2, -0.15) is 0 Å². The first kappa shape index (κ1) is 32.0. The number of carbonyl (C=O) groups is 2. The zero-order chi connectivity index (χ0) is 29.4. The molecule has 40 heavy (non-hydrogen) atoms. The molecule has 0 aliphatic carbocycles. The first-order valence-corrected chi connectivity index (χ1v) is 15.7. The Bertz CT molecular complexity index is 1410. The minimum atomic E-state index is -3.97. The van der Waals surface area contributed by atoms with Crippen molar-refractivity contribution in [3.8, 4) is 0 Å². The van der Waals surface area contributed by atoms with Gasteiger partial charge in [0, 0.05) is 45.2 Å². The molecule has 0 unspecified atom stereocenters. The fraction of sp³-hybridized carbons (Fsp3) is 0.286. The monoisotopic (exact) mass is 643 g/mol. The van der Waals surface area contributed by atoms with Crippen molar-refractivity contribution in [3.05, 3.63) is 97.9 Å². The molecule has 3 rings (SSSR count). The molecule has 1 N–H and O–H groups in total. The molecule has 12 heteroatoms. The van der Waals surface area contributed by atoms with Crippen molar-refractivity contribution >= 4 is 73.9 Å². The van der Waals surface area contributed by atoms with Gasteiger partial charge in [-0.15, -0.1) is 0 Å². The number of hydrogen-bond donors (Lipinski definition) is 1. The summed E-state index contributed by atoms with van der Waals surface area (Å²) in [6, 6.07) is 17.4.